The van der Waals surface area contributed by atoms with Crippen molar-refractivity contribution in [1.29, 1.82) is 0 Å². The summed E-state index contributed by atoms with van der Waals surface area (Å²) < 4.78 is 1.84. The molecular weight excluding hydrogens is 268 g/mol. The topological polar surface area (TPSA) is 62.5 Å². The summed E-state index contributed by atoms with van der Waals surface area (Å²) in [6.07, 6.45) is 4.82. The Bertz CT molecular complexity index is 578. The van der Waals surface area contributed by atoms with Crippen LogP contribution in [0.4, 0.5) is 0 Å². The van der Waals surface area contributed by atoms with Crippen LogP contribution in [0.5, 0.6) is 0 Å². The van der Waals surface area contributed by atoms with E-state index in [0.717, 1.165) is 31.4 Å². The van der Waals surface area contributed by atoms with E-state index in [-0.39, 0.29) is 11.9 Å². The summed E-state index contributed by atoms with van der Waals surface area (Å²) in [5, 5.41) is 9.50. The Balaban J connectivity index is 1.94. The summed E-state index contributed by atoms with van der Waals surface area (Å²) in [6, 6.07) is 3.13. The maximum Gasteiger partial charge on any atom is 0.326 e. The molecule has 3 rings (SSSR count). The number of likely N-dealkylation sites (tertiary alicyclic amines) is 1. The highest BCUT2D eigenvalue weighted by Crippen LogP contribution is 2.40. The lowest BCUT2D eigenvalue weighted by Gasteiger charge is -2.33. The Hall–Kier alpha value is -1.78. The summed E-state index contributed by atoms with van der Waals surface area (Å²) in [6.45, 7) is 1.94. The Kier molecular flexibility index (Phi) is 3.51. The number of carboxylic acid groups (broad SMARTS) is 1. The normalized spacial score (nSPS) is 28.5. The van der Waals surface area contributed by atoms with Gasteiger partial charge in [0.2, 0.25) is 0 Å². The highest BCUT2D eigenvalue weighted by molar-refractivity contribution is 5.96. The van der Waals surface area contributed by atoms with Gasteiger partial charge in [-0.15, -0.1) is 0 Å². The van der Waals surface area contributed by atoms with Crippen LogP contribution in [0.3, 0.4) is 0 Å². The number of carbonyl (C=O) groups excluding carboxylic acids is 1. The van der Waals surface area contributed by atoms with Crippen LogP contribution in [0, 0.1) is 12.8 Å². The quantitative estimate of drug-likeness (QED) is 0.908. The Morgan fingerprint density at radius 2 is 1.95 bits per heavy atom. The van der Waals surface area contributed by atoms with Crippen LogP contribution in [-0.2, 0) is 11.8 Å². The van der Waals surface area contributed by atoms with E-state index in [4.69, 9.17) is 0 Å². The molecule has 5 nitrogen and oxygen atoms in total. The van der Waals surface area contributed by atoms with E-state index in [1.54, 1.807) is 11.0 Å². The molecule has 1 aliphatic heterocycles. The van der Waals surface area contributed by atoms with Crippen LogP contribution in [0.25, 0.3) is 0 Å². The van der Waals surface area contributed by atoms with Crippen LogP contribution >= 0.6 is 0 Å². The van der Waals surface area contributed by atoms with Gasteiger partial charge in [-0.1, -0.05) is 12.8 Å². The summed E-state index contributed by atoms with van der Waals surface area (Å²) in [5.74, 6) is -0.652. The smallest absolute Gasteiger partial charge is 0.326 e. The number of hydrogen-bond donors (Lipinski definition) is 1. The number of carbonyl (C=O) groups is 2. The molecule has 0 aromatic carbocycles. The van der Waals surface area contributed by atoms with Gasteiger partial charge in [-0.25, -0.2) is 4.79 Å². The van der Waals surface area contributed by atoms with Crippen molar-refractivity contribution >= 4 is 11.9 Å². The average Bonchev–Trinajstić information content (AvgIpc) is 3.00. The molecule has 1 aromatic heterocycles. The van der Waals surface area contributed by atoms with E-state index in [2.05, 4.69) is 0 Å². The molecular formula is C16H22N2O3. The number of aryl methyl sites for hydroxylation is 1. The van der Waals surface area contributed by atoms with Crippen molar-refractivity contribution < 1.29 is 14.7 Å². The molecule has 1 saturated carbocycles. The van der Waals surface area contributed by atoms with Crippen molar-refractivity contribution in [2.45, 2.75) is 51.1 Å². The summed E-state index contributed by atoms with van der Waals surface area (Å²) in [4.78, 5) is 26.1. The van der Waals surface area contributed by atoms with Crippen molar-refractivity contribution in [1.82, 2.24) is 9.47 Å². The van der Waals surface area contributed by atoms with Crippen LogP contribution in [0.1, 0.15) is 48.3 Å². The monoisotopic (exact) mass is 290 g/mol. The van der Waals surface area contributed by atoms with Gasteiger partial charge in [0.25, 0.3) is 5.91 Å². The zero-order chi connectivity index (χ0) is 15.1. The molecule has 1 saturated heterocycles. The standard InChI is InChI=1S/C16H22N2O3/c1-10-7-8-13(17(10)2)15(19)18-12-6-4-3-5-11(12)9-14(18)16(20)21/h7-8,11-12,14H,3-6,9H2,1-2H3,(H,20,21)/t11-,12-,14-/m0/s1. The SMILES string of the molecule is Cc1ccc(C(=O)N2[C@H](C(=O)O)C[C@@H]3CCCC[C@@H]32)n1C. The zero-order valence-electron chi connectivity index (χ0n) is 12.6. The first-order valence-corrected chi connectivity index (χ1v) is 7.68. The minimum Gasteiger partial charge on any atom is -0.480 e. The zero-order valence-corrected chi connectivity index (χ0v) is 12.6. The molecule has 1 N–H and O–H groups in total. The van der Waals surface area contributed by atoms with Gasteiger partial charge in [0.05, 0.1) is 0 Å². The average molecular weight is 290 g/mol. The minimum atomic E-state index is -0.872. The fourth-order valence-electron chi connectivity index (χ4n) is 3.93. The third kappa shape index (κ3) is 2.24. The number of aromatic nitrogens is 1. The maximum absolute atomic E-state index is 12.9. The highest BCUT2D eigenvalue weighted by atomic mass is 16.4. The lowest BCUT2D eigenvalue weighted by molar-refractivity contribution is -0.141. The van der Waals surface area contributed by atoms with E-state index in [1.165, 1.54) is 0 Å². The van der Waals surface area contributed by atoms with Crippen LogP contribution in [0.2, 0.25) is 0 Å². The van der Waals surface area contributed by atoms with Crippen molar-refractivity contribution in [3.63, 3.8) is 0 Å². The van der Waals surface area contributed by atoms with Crippen molar-refractivity contribution in [3.8, 4) is 0 Å². The number of rotatable bonds is 2. The van der Waals surface area contributed by atoms with Gasteiger partial charge in [0.1, 0.15) is 11.7 Å². The van der Waals surface area contributed by atoms with E-state index < -0.39 is 12.0 Å². The highest BCUT2D eigenvalue weighted by Gasteiger charge is 2.48. The fraction of sp³-hybridized carbons (Fsp3) is 0.625. The molecule has 114 valence electrons. The molecule has 0 unspecified atom stereocenters. The Morgan fingerprint density at radius 3 is 2.57 bits per heavy atom. The lowest BCUT2D eigenvalue weighted by atomic mass is 9.84. The maximum atomic E-state index is 12.9. The van der Waals surface area contributed by atoms with Crippen molar-refractivity contribution in [3.05, 3.63) is 23.5 Å². The fourth-order valence-corrected chi connectivity index (χ4v) is 3.93. The van der Waals surface area contributed by atoms with E-state index >= 15 is 0 Å². The van der Waals surface area contributed by atoms with Crippen LogP contribution in [0.15, 0.2) is 12.1 Å². The number of aliphatic carboxylic acids is 1. The van der Waals surface area contributed by atoms with E-state index in [0.29, 0.717) is 18.0 Å². The number of fused-ring (bicyclic) bond motifs is 1. The largest absolute Gasteiger partial charge is 0.480 e. The molecule has 2 aliphatic rings. The molecule has 0 bridgehead atoms. The van der Waals surface area contributed by atoms with Crippen LogP contribution < -0.4 is 0 Å². The molecule has 0 radical (unpaired) electrons. The third-order valence-electron chi connectivity index (χ3n) is 5.20. The van der Waals surface area contributed by atoms with Gasteiger partial charge >= 0.3 is 5.97 Å². The Labute approximate surface area is 124 Å². The van der Waals surface area contributed by atoms with Gasteiger partial charge in [-0.05, 0) is 44.2 Å². The van der Waals surface area contributed by atoms with E-state index in [9.17, 15) is 14.7 Å². The molecule has 2 heterocycles. The lowest BCUT2D eigenvalue weighted by Crippen LogP contribution is -2.46. The second-order valence-corrected chi connectivity index (χ2v) is 6.33. The summed E-state index contributed by atoms with van der Waals surface area (Å²) in [7, 11) is 1.85. The first-order chi connectivity index (χ1) is 10.0. The van der Waals surface area contributed by atoms with Gasteiger partial charge < -0.3 is 14.6 Å². The summed E-state index contributed by atoms with van der Waals surface area (Å²) >= 11 is 0. The Morgan fingerprint density at radius 1 is 1.24 bits per heavy atom. The number of carboxylic acids is 1. The van der Waals surface area contributed by atoms with Crippen molar-refractivity contribution in [2.75, 3.05) is 0 Å². The molecule has 1 aliphatic carbocycles. The predicted molar refractivity (Wildman–Crippen MR) is 78.1 cm³/mol. The minimum absolute atomic E-state index is 0.0996. The van der Waals surface area contributed by atoms with Gasteiger partial charge in [-0.2, -0.15) is 0 Å². The van der Waals surface area contributed by atoms with Crippen molar-refractivity contribution in [2.24, 2.45) is 13.0 Å². The predicted octanol–water partition coefficient (Wildman–Crippen LogP) is 2.19. The first kappa shape index (κ1) is 14.2. The van der Waals surface area contributed by atoms with Gasteiger partial charge in [0.15, 0.2) is 0 Å². The second-order valence-electron chi connectivity index (χ2n) is 6.33. The summed E-state index contributed by atoms with van der Waals surface area (Å²) in [5.41, 5.74) is 1.59. The molecule has 3 atom stereocenters. The number of nitrogens with zero attached hydrogens (tertiary/aromatic N) is 2. The molecule has 1 aromatic rings. The molecule has 0 spiro atoms. The van der Waals surface area contributed by atoms with E-state index in [1.807, 2.05) is 24.6 Å². The third-order valence-corrected chi connectivity index (χ3v) is 5.20. The molecule has 1 amide bonds. The molecule has 21 heavy (non-hydrogen) atoms. The van der Waals surface area contributed by atoms with Crippen LogP contribution in [-0.4, -0.2) is 38.5 Å². The van der Waals surface area contributed by atoms with Gasteiger partial charge in [0, 0.05) is 18.8 Å². The van der Waals surface area contributed by atoms with Gasteiger partial charge in [-0.3, -0.25) is 4.79 Å². The molecule has 2 fully saturated rings. The molecule has 5 heteroatoms. The second kappa shape index (κ2) is 5.20. The number of hydrogen-bond acceptors (Lipinski definition) is 2. The first-order valence-electron chi connectivity index (χ1n) is 7.68. The number of amides is 1.